The number of hydrazine groups is 1. The number of thiophene rings is 1. The Bertz CT molecular complexity index is 524. The van der Waals surface area contributed by atoms with Crippen LogP contribution in [0.15, 0.2) is 23.8 Å². The van der Waals surface area contributed by atoms with Crippen molar-refractivity contribution in [3.05, 3.63) is 50.4 Å². The van der Waals surface area contributed by atoms with Gasteiger partial charge in [0.1, 0.15) is 0 Å². The number of halogens is 1. The van der Waals surface area contributed by atoms with E-state index in [4.69, 9.17) is 17.4 Å². The molecule has 0 radical (unpaired) electrons. The molecule has 5 heteroatoms. The van der Waals surface area contributed by atoms with Crippen LogP contribution in [0.2, 0.25) is 5.02 Å². The van der Waals surface area contributed by atoms with E-state index >= 15 is 0 Å². The topological polar surface area (TPSA) is 50.9 Å². The maximum atomic E-state index is 6.28. The summed E-state index contributed by atoms with van der Waals surface area (Å²) in [6.45, 7) is 4.03. The molecule has 0 aliphatic heterocycles. The zero-order valence-corrected chi connectivity index (χ0v) is 11.3. The second-order valence-electron chi connectivity index (χ2n) is 3.93. The molecule has 1 unspecified atom stereocenters. The molecule has 0 saturated carbocycles. The first-order valence-electron chi connectivity index (χ1n) is 5.25. The standard InChI is InChI=1S/C12H14ClN3S/c1-7-3-4-15-5-9(7)11(16-14)12-10(13)8(2)6-17-12/h3-6,11,16H,14H2,1-2H3. The van der Waals surface area contributed by atoms with Crippen molar-refractivity contribution in [3.8, 4) is 0 Å². The summed E-state index contributed by atoms with van der Waals surface area (Å²) in [5.41, 5.74) is 6.09. The number of aromatic nitrogens is 1. The highest BCUT2D eigenvalue weighted by Crippen LogP contribution is 2.35. The first-order valence-corrected chi connectivity index (χ1v) is 6.51. The third-order valence-electron chi connectivity index (χ3n) is 2.74. The van der Waals surface area contributed by atoms with E-state index in [0.29, 0.717) is 0 Å². The highest BCUT2D eigenvalue weighted by molar-refractivity contribution is 7.10. The van der Waals surface area contributed by atoms with Gasteiger partial charge in [0, 0.05) is 17.3 Å². The summed E-state index contributed by atoms with van der Waals surface area (Å²) in [5.74, 6) is 5.65. The fraction of sp³-hybridized carbons (Fsp3) is 0.250. The van der Waals surface area contributed by atoms with Crippen LogP contribution in [0.25, 0.3) is 0 Å². The number of nitrogens with one attached hydrogen (secondary N) is 1. The van der Waals surface area contributed by atoms with Crippen LogP contribution in [0.1, 0.15) is 27.6 Å². The summed E-state index contributed by atoms with van der Waals surface area (Å²) >= 11 is 7.89. The predicted molar refractivity (Wildman–Crippen MR) is 72.2 cm³/mol. The molecular weight excluding hydrogens is 254 g/mol. The van der Waals surface area contributed by atoms with Gasteiger partial charge < -0.3 is 0 Å². The van der Waals surface area contributed by atoms with Crippen LogP contribution in [0, 0.1) is 13.8 Å². The summed E-state index contributed by atoms with van der Waals surface area (Å²) in [7, 11) is 0. The van der Waals surface area contributed by atoms with Gasteiger partial charge in [-0.1, -0.05) is 11.6 Å². The van der Waals surface area contributed by atoms with Crippen molar-refractivity contribution in [1.29, 1.82) is 0 Å². The molecule has 0 fully saturated rings. The van der Waals surface area contributed by atoms with Crippen LogP contribution in [0.4, 0.5) is 0 Å². The minimum absolute atomic E-state index is 0.102. The summed E-state index contributed by atoms with van der Waals surface area (Å²) in [6.07, 6.45) is 3.60. The van der Waals surface area contributed by atoms with Crippen molar-refractivity contribution < 1.29 is 0 Å². The van der Waals surface area contributed by atoms with E-state index in [-0.39, 0.29) is 6.04 Å². The monoisotopic (exact) mass is 267 g/mol. The quantitative estimate of drug-likeness (QED) is 0.664. The van der Waals surface area contributed by atoms with Crippen LogP contribution in [0.3, 0.4) is 0 Å². The molecule has 3 nitrogen and oxygen atoms in total. The van der Waals surface area contributed by atoms with Gasteiger partial charge in [0.05, 0.1) is 11.1 Å². The van der Waals surface area contributed by atoms with Crippen molar-refractivity contribution in [2.24, 2.45) is 5.84 Å². The molecule has 3 N–H and O–H groups in total. The Morgan fingerprint density at radius 2 is 2.18 bits per heavy atom. The summed E-state index contributed by atoms with van der Waals surface area (Å²) in [5, 5.41) is 2.81. The van der Waals surface area contributed by atoms with Crippen molar-refractivity contribution in [2.75, 3.05) is 0 Å². The molecule has 0 saturated heterocycles. The van der Waals surface area contributed by atoms with Gasteiger partial charge in [-0.05, 0) is 42.0 Å². The maximum Gasteiger partial charge on any atom is 0.0834 e. The van der Waals surface area contributed by atoms with Crippen molar-refractivity contribution in [3.63, 3.8) is 0 Å². The fourth-order valence-electron chi connectivity index (χ4n) is 1.73. The average molecular weight is 268 g/mol. The zero-order chi connectivity index (χ0) is 12.4. The Balaban J connectivity index is 2.48. The number of nitrogens with two attached hydrogens (primary N) is 1. The van der Waals surface area contributed by atoms with E-state index in [1.165, 1.54) is 0 Å². The third kappa shape index (κ3) is 2.35. The second kappa shape index (κ2) is 5.14. The van der Waals surface area contributed by atoms with Gasteiger partial charge in [-0.3, -0.25) is 10.8 Å². The lowest BCUT2D eigenvalue weighted by molar-refractivity contribution is 0.641. The molecule has 0 aromatic carbocycles. The normalized spacial score (nSPS) is 12.7. The lowest BCUT2D eigenvalue weighted by Crippen LogP contribution is -2.29. The SMILES string of the molecule is Cc1ccncc1C(NN)c1scc(C)c1Cl. The number of rotatable bonds is 3. The molecule has 17 heavy (non-hydrogen) atoms. The Hall–Kier alpha value is -0.940. The van der Waals surface area contributed by atoms with E-state index in [9.17, 15) is 0 Å². The van der Waals surface area contributed by atoms with Crippen molar-refractivity contribution in [1.82, 2.24) is 10.4 Å². The maximum absolute atomic E-state index is 6.28. The van der Waals surface area contributed by atoms with E-state index in [1.807, 2.05) is 31.5 Å². The number of nitrogens with zero attached hydrogens (tertiary/aromatic N) is 1. The lowest BCUT2D eigenvalue weighted by atomic mass is 10.0. The molecule has 0 spiro atoms. The van der Waals surface area contributed by atoms with E-state index in [2.05, 4.69) is 10.4 Å². The predicted octanol–water partition coefficient (Wildman–Crippen LogP) is 2.97. The Morgan fingerprint density at radius 3 is 2.71 bits per heavy atom. The van der Waals surface area contributed by atoms with Crippen LogP contribution in [-0.2, 0) is 0 Å². The smallest absolute Gasteiger partial charge is 0.0834 e. The molecule has 0 bridgehead atoms. The molecule has 2 rings (SSSR count). The molecular formula is C12H14ClN3S. The summed E-state index contributed by atoms with van der Waals surface area (Å²) < 4.78 is 0. The molecule has 2 heterocycles. The fourth-order valence-corrected chi connectivity index (χ4v) is 3.11. The van der Waals surface area contributed by atoms with Crippen LogP contribution < -0.4 is 11.3 Å². The van der Waals surface area contributed by atoms with Gasteiger partial charge in [-0.15, -0.1) is 11.3 Å². The van der Waals surface area contributed by atoms with Gasteiger partial charge in [0.2, 0.25) is 0 Å². The van der Waals surface area contributed by atoms with Crippen molar-refractivity contribution >= 4 is 22.9 Å². The summed E-state index contributed by atoms with van der Waals surface area (Å²) in [6, 6.07) is 1.86. The molecule has 0 amide bonds. The van der Waals surface area contributed by atoms with Crippen molar-refractivity contribution in [2.45, 2.75) is 19.9 Å². The van der Waals surface area contributed by atoms with Gasteiger partial charge >= 0.3 is 0 Å². The molecule has 2 aromatic rings. The van der Waals surface area contributed by atoms with Gasteiger partial charge in [0.15, 0.2) is 0 Å². The number of aryl methyl sites for hydroxylation is 2. The third-order valence-corrected chi connectivity index (χ3v) is 4.52. The van der Waals surface area contributed by atoms with E-state index < -0.39 is 0 Å². The first kappa shape index (κ1) is 12.5. The second-order valence-corrected chi connectivity index (χ2v) is 5.22. The highest BCUT2D eigenvalue weighted by atomic mass is 35.5. The number of hydrogen-bond donors (Lipinski definition) is 2. The minimum atomic E-state index is -0.102. The van der Waals surface area contributed by atoms with Crippen LogP contribution >= 0.6 is 22.9 Å². The zero-order valence-electron chi connectivity index (χ0n) is 9.70. The van der Waals surface area contributed by atoms with Gasteiger partial charge in [-0.25, -0.2) is 5.43 Å². The summed E-state index contributed by atoms with van der Waals surface area (Å²) in [4.78, 5) is 5.17. The Kier molecular flexibility index (Phi) is 3.79. The highest BCUT2D eigenvalue weighted by Gasteiger charge is 2.20. The average Bonchev–Trinajstić information content (AvgIpc) is 2.65. The van der Waals surface area contributed by atoms with E-state index in [0.717, 1.165) is 26.6 Å². The van der Waals surface area contributed by atoms with Gasteiger partial charge in [-0.2, -0.15) is 0 Å². The molecule has 0 aliphatic rings. The van der Waals surface area contributed by atoms with Gasteiger partial charge in [0.25, 0.3) is 0 Å². The van der Waals surface area contributed by atoms with E-state index in [1.54, 1.807) is 17.5 Å². The molecule has 2 aromatic heterocycles. The minimum Gasteiger partial charge on any atom is -0.271 e. The largest absolute Gasteiger partial charge is 0.271 e. The Morgan fingerprint density at radius 1 is 1.41 bits per heavy atom. The number of pyridine rings is 1. The molecule has 90 valence electrons. The van der Waals surface area contributed by atoms with Crippen LogP contribution in [-0.4, -0.2) is 4.98 Å². The molecule has 0 aliphatic carbocycles. The first-order chi connectivity index (χ1) is 8.15. The Labute approximate surface area is 110 Å². The number of hydrogen-bond acceptors (Lipinski definition) is 4. The van der Waals surface area contributed by atoms with Crippen LogP contribution in [0.5, 0.6) is 0 Å². The lowest BCUT2D eigenvalue weighted by Gasteiger charge is -2.17. The molecule has 1 atom stereocenters.